The Bertz CT molecular complexity index is 983. The molecule has 27 heavy (non-hydrogen) atoms. The number of rotatable bonds is 6. The molecule has 0 saturated heterocycles. The lowest BCUT2D eigenvalue weighted by molar-refractivity contribution is 0.372. The Kier molecular flexibility index (Phi) is 5.81. The molecular formula is C20H20BrN3O3. The summed E-state index contributed by atoms with van der Waals surface area (Å²) in [5, 5.41) is 24.6. The Morgan fingerprint density at radius 3 is 2.67 bits per heavy atom. The number of para-hydroxylation sites is 1. The van der Waals surface area contributed by atoms with Crippen molar-refractivity contribution >= 4 is 28.1 Å². The van der Waals surface area contributed by atoms with E-state index in [1.165, 1.54) is 7.11 Å². The van der Waals surface area contributed by atoms with Crippen LogP contribution in [-0.4, -0.2) is 32.1 Å². The summed E-state index contributed by atoms with van der Waals surface area (Å²) in [4.78, 5) is 4.57. The predicted molar refractivity (Wildman–Crippen MR) is 109 cm³/mol. The first-order chi connectivity index (χ1) is 13.0. The van der Waals surface area contributed by atoms with Gasteiger partial charge in [-0.1, -0.05) is 25.1 Å². The molecule has 0 spiro atoms. The molecule has 3 rings (SSSR count). The van der Waals surface area contributed by atoms with E-state index in [0.717, 1.165) is 12.0 Å². The lowest BCUT2D eigenvalue weighted by Gasteiger charge is -2.06. The van der Waals surface area contributed by atoms with Gasteiger partial charge in [0.15, 0.2) is 23.1 Å². The molecule has 0 bridgehead atoms. The van der Waals surface area contributed by atoms with E-state index in [9.17, 15) is 10.2 Å². The highest BCUT2D eigenvalue weighted by atomic mass is 79.9. The number of benzene rings is 2. The van der Waals surface area contributed by atoms with Crippen LogP contribution in [0.1, 0.15) is 24.7 Å². The Morgan fingerprint density at radius 1 is 1.19 bits per heavy atom. The monoisotopic (exact) mass is 429 g/mol. The molecule has 0 saturated carbocycles. The highest BCUT2D eigenvalue weighted by Crippen LogP contribution is 2.35. The number of nitrogens with zero attached hydrogens (tertiary/aromatic N) is 3. The first kappa shape index (κ1) is 19.0. The molecule has 0 radical (unpaired) electrons. The van der Waals surface area contributed by atoms with Gasteiger partial charge < -0.3 is 14.9 Å². The minimum Gasteiger partial charge on any atom is -0.507 e. The number of ether oxygens (including phenoxy) is 1. The van der Waals surface area contributed by atoms with Crippen LogP contribution in [0.25, 0.3) is 23.5 Å². The number of hydrogen-bond donors (Lipinski definition) is 2. The molecule has 3 aromatic rings. The van der Waals surface area contributed by atoms with Crippen LogP contribution >= 0.6 is 15.9 Å². The lowest BCUT2D eigenvalue weighted by Crippen LogP contribution is -2.02. The summed E-state index contributed by atoms with van der Waals surface area (Å²) in [6.45, 7) is 2.76. The lowest BCUT2D eigenvalue weighted by atomic mass is 10.2. The van der Waals surface area contributed by atoms with Gasteiger partial charge in [0.1, 0.15) is 5.75 Å². The van der Waals surface area contributed by atoms with Crippen LogP contribution in [-0.2, 0) is 6.54 Å². The normalized spacial score (nSPS) is 11.2. The minimum atomic E-state index is 0.0573. The van der Waals surface area contributed by atoms with E-state index < -0.39 is 0 Å². The fourth-order valence-corrected chi connectivity index (χ4v) is 3.14. The molecule has 2 aromatic carbocycles. The third-order valence-corrected chi connectivity index (χ3v) is 4.57. The number of aryl methyl sites for hydroxylation is 1. The molecule has 0 amide bonds. The Labute approximate surface area is 165 Å². The Hall–Kier alpha value is -2.80. The number of halogens is 1. The van der Waals surface area contributed by atoms with Gasteiger partial charge in [-0.05, 0) is 58.3 Å². The first-order valence-corrected chi connectivity index (χ1v) is 9.30. The van der Waals surface area contributed by atoms with Crippen LogP contribution < -0.4 is 4.74 Å². The molecule has 2 N–H and O–H groups in total. The molecule has 0 aliphatic carbocycles. The van der Waals surface area contributed by atoms with Crippen molar-refractivity contribution < 1.29 is 14.9 Å². The number of aromatic hydroxyl groups is 2. The van der Waals surface area contributed by atoms with Crippen LogP contribution in [0.5, 0.6) is 17.2 Å². The van der Waals surface area contributed by atoms with Crippen molar-refractivity contribution in [3.05, 3.63) is 52.3 Å². The first-order valence-electron chi connectivity index (χ1n) is 8.51. The van der Waals surface area contributed by atoms with Crippen molar-refractivity contribution in [2.24, 2.45) is 0 Å². The summed E-state index contributed by atoms with van der Waals surface area (Å²) in [5.41, 5.74) is 1.47. The highest BCUT2D eigenvalue weighted by molar-refractivity contribution is 9.10. The molecule has 1 aromatic heterocycles. The average molecular weight is 430 g/mol. The van der Waals surface area contributed by atoms with E-state index in [1.54, 1.807) is 35.0 Å². The topological polar surface area (TPSA) is 80.4 Å². The van der Waals surface area contributed by atoms with E-state index in [4.69, 9.17) is 4.74 Å². The number of phenols is 2. The summed E-state index contributed by atoms with van der Waals surface area (Å²) in [5.74, 6) is 1.76. The van der Waals surface area contributed by atoms with E-state index >= 15 is 0 Å². The SMILES string of the molecule is CCCn1nc(/C=C/c2cc(Br)c(O)c(OC)c2)nc1-c1ccccc1O. The van der Waals surface area contributed by atoms with Crippen LogP contribution in [0, 0.1) is 0 Å². The number of aromatic nitrogens is 3. The summed E-state index contributed by atoms with van der Waals surface area (Å²) in [6.07, 6.45) is 4.52. The second-order valence-electron chi connectivity index (χ2n) is 5.92. The van der Waals surface area contributed by atoms with E-state index in [1.807, 2.05) is 18.2 Å². The van der Waals surface area contributed by atoms with Gasteiger partial charge in [0.2, 0.25) is 0 Å². The smallest absolute Gasteiger partial charge is 0.174 e. The molecule has 0 aliphatic heterocycles. The molecule has 0 fully saturated rings. The third-order valence-electron chi connectivity index (χ3n) is 3.96. The van der Waals surface area contributed by atoms with Crippen LogP contribution in [0.2, 0.25) is 0 Å². The average Bonchev–Trinajstić information content (AvgIpc) is 3.06. The zero-order valence-corrected chi connectivity index (χ0v) is 16.6. The number of hydrogen-bond acceptors (Lipinski definition) is 5. The van der Waals surface area contributed by atoms with Crippen molar-refractivity contribution in [2.75, 3.05) is 7.11 Å². The Balaban J connectivity index is 1.96. The van der Waals surface area contributed by atoms with Crippen molar-refractivity contribution in [2.45, 2.75) is 19.9 Å². The minimum absolute atomic E-state index is 0.0573. The second kappa shape index (κ2) is 8.26. The van der Waals surface area contributed by atoms with E-state index in [-0.39, 0.29) is 11.5 Å². The van der Waals surface area contributed by atoms with E-state index in [0.29, 0.717) is 34.0 Å². The second-order valence-corrected chi connectivity index (χ2v) is 6.78. The standard InChI is InChI=1S/C20H20BrN3O3/c1-3-10-24-20(14-6-4-5-7-16(14)25)22-18(23-24)9-8-13-11-15(21)19(26)17(12-13)27-2/h4-9,11-12,25-26H,3,10H2,1-2H3/b9-8+. The maximum Gasteiger partial charge on any atom is 0.174 e. The van der Waals surface area contributed by atoms with Crippen molar-refractivity contribution in [3.8, 4) is 28.6 Å². The molecule has 1 heterocycles. The zero-order valence-electron chi connectivity index (χ0n) is 15.1. The van der Waals surface area contributed by atoms with Crippen LogP contribution in [0.4, 0.5) is 0 Å². The van der Waals surface area contributed by atoms with Gasteiger partial charge in [-0.3, -0.25) is 0 Å². The fraction of sp³-hybridized carbons (Fsp3) is 0.200. The van der Waals surface area contributed by atoms with Crippen LogP contribution in [0.3, 0.4) is 0 Å². The van der Waals surface area contributed by atoms with Crippen LogP contribution in [0.15, 0.2) is 40.9 Å². The fourth-order valence-electron chi connectivity index (χ4n) is 2.68. The summed E-state index contributed by atoms with van der Waals surface area (Å²) in [6, 6.07) is 10.6. The maximum atomic E-state index is 10.1. The van der Waals surface area contributed by atoms with Crippen molar-refractivity contribution in [1.82, 2.24) is 14.8 Å². The molecule has 140 valence electrons. The summed E-state index contributed by atoms with van der Waals surface area (Å²) >= 11 is 3.31. The van der Waals surface area contributed by atoms with Gasteiger partial charge in [0.05, 0.1) is 17.1 Å². The third kappa shape index (κ3) is 4.14. The molecule has 7 heteroatoms. The molecule has 0 aliphatic rings. The van der Waals surface area contributed by atoms with Gasteiger partial charge >= 0.3 is 0 Å². The molecule has 0 unspecified atom stereocenters. The molecular weight excluding hydrogens is 410 g/mol. The number of phenolic OH excluding ortho intramolecular Hbond substituents is 2. The van der Waals surface area contributed by atoms with Gasteiger partial charge in [0.25, 0.3) is 0 Å². The molecule has 6 nitrogen and oxygen atoms in total. The van der Waals surface area contributed by atoms with Gasteiger partial charge in [-0.15, -0.1) is 0 Å². The summed E-state index contributed by atoms with van der Waals surface area (Å²) < 4.78 is 7.50. The number of methoxy groups -OCH3 is 1. The molecule has 0 atom stereocenters. The zero-order chi connectivity index (χ0) is 19.4. The Morgan fingerprint density at radius 2 is 1.96 bits per heavy atom. The predicted octanol–water partition coefficient (Wildman–Crippen LogP) is 4.71. The van der Waals surface area contributed by atoms with Crippen molar-refractivity contribution in [3.63, 3.8) is 0 Å². The summed E-state index contributed by atoms with van der Waals surface area (Å²) in [7, 11) is 1.50. The van der Waals surface area contributed by atoms with Gasteiger partial charge in [-0.25, -0.2) is 9.67 Å². The van der Waals surface area contributed by atoms with E-state index in [2.05, 4.69) is 32.9 Å². The highest BCUT2D eigenvalue weighted by Gasteiger charge is 2.13. The maximum absolute atomic E-state index is 10.1. The quantitative estimate of drug-likeness (QED) is 0.592. The largest absolute Gasteiger partial charge is 0.507 e. The van der Waals surface area contributed by atoms with Crippen molar-refractivity contribution in [1.29, 1.82) is 0 Å². The van der Waals surface area contributed by atoms with Gasteiger partial charge in [0, 0.05) is 6.54 Å². The van der Waals surface area contributed by atoms with Gasteiger partial charge in [-0.2, -0.15) is 5.10 Å².